The maximum Gasteiger partial charge on any atom is 0.224 e. The molecule has 19 heavy (non-hydrogen) atoms. The van der Waals surface area contributed by atoms with E-state index < -0.39 is 0 Å². The number of rotatable bonds is 2. The Kier molecular flexibility index (Phi) is 3.23. The zero-order chi connectivity index (χ0) is 13.2. The van der Waals surface area contributed by atoms with Crippen LogP contribution < -0.4 is 10.5 Å². The highest BCUT2D eigenvalue weighted by atomic mass is 16.5. The first kappa shape index (κ1) is 12.2. The molecule has 0 atom stereocenters. The number of fused-ring (bicyclic) bond motifs is 1. The van der Waals surface area contributed by atoms with Crippen molar-refractivity contribution in [1.82, 2.24) is 9.97 Å². The lowest BCUT2D eigenvalue weighted by atomic mass is 9.89. The molecule has 1 fully saturated rings. The Morgan fingerprint density at radius 2 is 1.95 bits per heavy atom. The minimum Gasteiger partial charge on any atom is -0.474 e. The third-order valence-corrected chi connectivity index (χ3v) is 3.90. The number of nitrogens with two attached hydrogens (primary N) is 1. The average molecular weight is 257 g/mol. The molecule has 1 aliphatic rings. The molecule has 0 spiro atoms. The molecular weight excluding hydrogens is 238 g/mol. The van der Waals surface area contributed by atoms with Gasteiger partial charge < -0.3 is 10.5 Å². The van der Waals surface area contributed by atoms with Crippen molar-refractivity contribution in [3.63, 3.8) is 0 Å². The Morgan fingerprint density at radius 3 is 2.74 bits per heavy atom. The van der Waals surface area contributed by atoms with Crippen molar-refractivity contribution in [1.29, 1.82) is 0 Å². The number of aromatic nitrogens is 2. The fourth-order valence-corrected chi connectivity index (χ4v) is 2.69. The lowest BCUT2D eigenvalue weighted by Crippen LogP contribution is -2.23. The van der Waals surface area contributed by atoms with Gasteiger partial charge in [-0.2, -0.15) is 0 Å². The Bertz CT molecular complexity index is 577. The van der Waals surface area contributed by atoms with Crippen LogP contribution in [0.5, 0.6) is 5.88 Å². The molecule has 1 aromatic heterocycles. The summed E-state index contributed by atoms with van der Waals surface area (Å²) < 4.78 is 6.07. The van der Waals surface area contributed by atoms with E-state index in [1.54, 1.807) is 0 Å². The third-order valence-electron chi connectivity index (χ3n) is 3.90. The number of benzene rings is 1. The van der Waals surface area contributed by atoms with Gasteiger partial charge in [0.05, 0.1) is 11.1 Å². The van der Waals surface area contributed by atoms with Crippen LogP contribution in [-0.4, -0.2) is 16.1 Å². The van der Waals surface area contributed by atoms with Crippen LogP contribution in [-0.2, 0) is 0 Å². The van der Waals surface area contributed by atoms with Crippen LogP contribution in [0.4, 0.5) is 5.69 Å². The van der Waals surface area contributed by atoms with Crippen molar-refractivity contribution in [2.45, 2.75) is 38.7 Å². The van der Waals surface area contributed by atoms with Gasteiger partial charge in [-0.3, -0.25) is 0 Å². The van der Waals surface area contributed by atoms with Crippen LogP contribution in [0.1, 0.15) is 32.6 Å². The fraction of sp³-hybridized carbons (Fsp3) is 0.467. The summed E-state index contributed by atoms with van der Waals surface area (Å²) in [5.74, 6) is 1.48. The molecule has 0 unspecified atom stereocenters. The Balaban J connectivity index is 1.87. The highest BCUT2D eigenvalue weighted by molar-refractivity contribution is 5.92. The topological polar surface area (TPSA) is 61.0 Å². The zero-order valence-electron chi connectivity index (χ0n) is 11.2. The van der Waals surface area contributed by atoms with E-state index in [1.165, 1.54) is 19.2 Å². The molecule has 3 rings (SSSR count). The maximum absolute atomic E-state index is 6.07. The van der Waals surface area contributed by atoms with Crippen molar-refractivity contribution in [3.8, 4) is 5.88 Å². The van der Waals surface area contributed by atoms with Gasteiger partial charge in [0.1, 0.15) is 17.9 Å². The summed E-state index contributed by atoms with van der Waals surface area (Å²) in [6, 6.07) is 5.73. The van der Waals surface area contributed by atoms with Crippen molar-refractivity contribution in [3.05, 3.63) is 24.5 Å². The van der Waals surface area contributed by atoms with Crippen LogP contribution in [0.25, 0.3) is 10.9 Å². The number of anilines is 1. The van der Waals surface area contributed by atoms with E-state index in [0.29, 0.717) is 11.6 Å². The second-order valence-corrected chi connectivity index (χ2v) is 5.42. The molecule has 1 aliphatic carbocycles. The molecule has 2 N–H and O–H groups in total. The first-order valence-electron chi connectivity index (χ1n) is 6.90. The van der Waals surface area contributed by atoms with Crippen LogP contribution in [0.15, 0.2) is 24.5 Å². The van der Waals surface area contributed by atoms with Gasteiger partial charge in [0.15, 0.2) is 0 Å². The zero-order valence-corrected chi connectivity index (χ0v) is 11.2. The highest BCUT2D eigenvalue weighted by Gasteiger charge is 2.20. The van der Waals surface area contributed by atoms with Gasteiger partial charge in [0.25, 0.3) is 0 Å². The first-order valence-corrected chi connectivity index (χ1v) is 6.90. The van der Waals surface area contributed by atoms with Gasteiger partial charge in [0, 0.05) is 0 Å². The summed E-state index contributed by atoms with van der Waals surface area (Å²) in [6.07, 6.45) is 6.48. The maximum atomic E-state index is 6.07. The molecule has 100 valence electrons. The summed E-state index contributed by atoms with van der Waals surface area (Å²) >= 11 is 0. The number of nitrogens with zero attached hydrogens (tertiary/aromatic N) is 2. The molecule has 1 saturated carbocycles. The lowest BCUT2D eigenvalue weighted by Gasteiger charge is -2.26. The highest BCUT2D eigenvalue weighted by Crippen LogP contribution is 2.30. The largest absolute Gasteiger partial charge is 0.474 e. The minimum atomic E-state index is 0.274. The monoisotopic (exact) mass is 257 g/mol. The van der Waals surface area contributed by atoms with E-state index in [1.807, 2.05) is 18.2 Å². The van der Waals surface area contributed by atoms with Gasteiger partial charge in [0.2, 0.25) is 5.88 Å². The number of nitrogen functional groups attached to an aromatic ring is 1. The van der Waals surface area contributed by atoms with E-state index in [9.17, 15) is 0 Å². The molecule has 0 bridgehead atoms. The molecule has 0 radical (unpaired) electrons. The fourth-order valence-electron chi connectivity index (χ4n) is 2.69. The smallest absolute Gasteiger partial charge is 0.224 e. The molecule has 4 nitrogen and oxygen atoms in total. The minimum absolute atomic E-state index is 0.274. The quantitative estimate of drug-likeness (QED) is 0.839. The van der Waals surface area contributed by atoms with E-state index >= 15 is 0 Å². The number of hydrogen-bond acceptors (Lipinski definition) is 4. The van der Waals surface area contributed by atoms with Crippen LogP contribution in [0.3, 0.4) is 0 Å². The predicted molar refractivity (Wildman–Crippen MR) is 76.0 cm³/mol. The van der Waals surface area contributed by atoms with Gasteiger partial charge in [-0.25, -0.2) is 9.97 Å². The normalized spacial score (nSPS) is 23.4. The number of para-hydroxylation sites is 1. The third kappa shape index (κ3) is 2.48. The molecule has 4 heteroatoms. The van der Waals surface area contributed by atoms with Gasteiger partial charge in [-0.15, -0.1) is 0 Å². The van der Waals surface area contributed by atoms with Crippen molar-refractivity contribution in [2.75, 3.05) is 5.73 Å². The van der Waals surface area contributed by atoms with E-state index in [4.69, 9.17) is 10.5 Å². The van der Waals surface area contributed by atoms with Gasteiger partial charge >= 0.3 is 0 Å². The molecule has 0 amide bonds. The Morgan fingerprint density at radius 1 is 1.16 bits per heavy atom. The van der Waals surface area contributed by atoms with Crippen molar-refractivity contribution < 1.29 is 4.74 Å². The van der Waals surface area contributed by atoms with Gasteiger partial charge in [-0.05, 0) is 43.7 Å². The van der Waals surface area contributed by atoms with Gasteiger partial charge in [-0.1, -0.05) is 13.0 Å². The Hall–Kier alpha value is -1.84. The summed E-state index contributed by atoms with van der Waals surface area (Å²) in [7, 11) is 0. The SMILES string of the molecule is CC1CCC(Oc2ncnc3c(N)cccc23)CC1. The molecule has 1 aromatic carbocycles. The lowest BCUT2D eigenvalue weighted by molar-refractivity contribution is 0.132. The summed E-state index contributed by atoms with van der Waals surface area (Å²) in [5.41, 5.74) is 7.37. The summed E-state index contributed by atoms with van der Waals surface area (Å²) in [4.78, 5) is 8.50. The molecular formula is C15H19N3O. The van der Waals surface area contributed by atoms with Crippen LogP contribution in [0, 0.1) is 5.92 Å². The van der Waals surface area contributed by atoms with E-state index in [-0.39, 0.29) is 6.10 Å². The van der Waals surface area contributed by atoms with E-state index in [0.717, 1.165) is 29.7 Å². The molecule has 1 heterocycles. The van der Waals surface area contributed by atoms with Crippen LogP contribution in [0.2, 0.25) is 0 Å². The van der Waals surface area contributed by atoms with E-state index in [2.05, 4.69) is 16.9 Å². The molecule has 2 aromatic rings. The number of hydrogen-bond donors (Lipinski definition) is 1. The second-order valence-electron chi connectivity index (χ2n) is 5.42. The average Bonchev–Trinajstić information content (AvgIpc) is 2.43. The summed E-state index contributed by atoms with van der Waals surface area (Å²) in [5, 5.41) is 0.904. The standard InChI is InChI=1S/C15H19N3O/c1-10-5-7-11(8-6-10)19-15-12-3-2-4-13(16)14(12)17-9-18-15/h2-4,9-11H,5-8,16H2,1H3. The van der Waals surface area contributed by atoms with Crippen molar-refractivity contribution in [2.24, 2.45) is 5.92 Å². The molecule has 0 aliphatic heterocycles. The molecule has 0 saturated heterocycles. The Labute approximate surface area is 113 Å². The summed E-state index contributed by atoms with van der Waals surface area (Å²) in [6.45, 7) is 2.30. The number of ether oxygens (including phenoxy) is 1. The first-order chi connectivity index (χ1) is 9.24. The predicted octanol–water partition coefficient (Wildman–Crippen LogP) is 3.17. The second kappa shape index (κ2) is 5.03. The van der Waals surface area contributed by atoms with Crippen LogP contribution >= 0.6 is 0 Å². The van der Waals surface area contributed by atoms with Crippen molar-refractivity contribution >= 4 is 16.6 Å².